The summed E-state index contributed by atoms with van der Waals surface area (Å²) >= 11 is 0. The van der Waals surface area contributed by atoms with E-state index >= 15 is 0 Å². The van der Waals surface area contributed by atoms with Crippen LogP contribution in [0.25, 0.3) is 0 Å². The van der Waals surface area contributed by atoms with Crippen LogP contribution >= 0.6 is 0 Å². The van der Waals surface area contributed by atoms with E-state index in [1.165, 1.54) is 19.3 Å². The molecule has 1 saturated carbocycles. The molecule has 0 spiro atoms. The molecular formula is C11H22N2O2. The van der Waals surface area contributed by atoms with Crippen molar-refractivity contribution in [1.82, 2.24) is 5.32 Å². The number of carbonyl (C=O) groups is 1. The maximum absolute atomic E-state index is 10.5. The predicted molar refractivity (Wildman–Crippen MR) is 59.7 cm³/mol. The lowest BCUT2D eigenvalue weighted by atomic mass is 10.0. The van der Waals surface area contributed by atoms with Gasteiger partial charge in [0.1, 0.15) is 6.04 Å². The molecule has 4 nitrogen and oxygen atoms in total. The molecule has 0 radical (unpaired) electrons. The predicted octanol–water partition coefficient (Wildman–Crippen LogP) is 0.957. The van der Waals surface area contributed by atoms with E-state index in [4.69, 9.17) is 10.8 Å². The molecule has 0 heterocycles. The van der Waals surface area contributed by atoms with Crippen LogP contribution in [0, 0.1) is 5.92 Å². The maximum atomic E-state index is 10.5. The van der Waals surface area contributed by atoms with Gasteiger partial charge in [0.2, 0.25) is 0 Å². The van der Waals surface area contributed by atoms with Gasteiger partial charge in [-0.1, -0.05) is 19.8 Å². The summed E-state index contributed by atoms with van der Waals surface area (Å²) in [5.74, 6) is -0.116. The third kappa shape index (κ3) is 4.62. The second-order valence-electron chi connectivity index (χ2n) is 4.66. The van der Waals surface area contributed by atoms with Gasteiger partial charge >= 0.3 is 5.97 Å². The average molecular weight is 214 g/mol. The third-order valence-electron chi connectivity index (χ3n) is 3.20. The van der Waals surface area contributed by atoms with Crippen molar-refractivity contribution in [3.63, 3.8) is 0 Å². The molecule has 4 heteroatoms. The van der Waals surface area contributed by atoms with Gasteiger partial charge < -0.3 is 16.2 Å². The molecule has 4 N–H and O–H groups in total. The van der Waals surface area contributed by atoms with Crippen molar-refractivity contribution in [2.45, 2.75) is 51.1 Å². The smallest absolute Gasteiger partial charge is 0.321 e. The molecular weight excluding hydrogens is 192 g/mol. The second kappa shape index (κ2) is 6.08. The number of hydrogen-bond donors (Lipinski definition) is 3. The second-order valence-corrected chi connectivity index (χ2v) is 4.66. The Kier molecular flexibility index (Phi) is 5.05. The fraction of sp³-hybridized carbons (Fsp3) is 0.909. The van der Waals surface area contributed by atoms with Gasteiger partial charge in [0, 0.05) is 12.6 Å². The van der Waals surface area contributed by atoms with E-state index in [-0.39, 0.29) is 0 Å². The Morgan fingerprint density at radius 2 is 2.20 bits per heavy atom. The Bertz CT molecular complexity index is 209. The minimum absolute atomic E-state index is 0.383. The van der Waals surface area contributed by atoms with E-state index in [2.05, 4.69) is 12.2 Å². The summed E-state index contributed by atoms with van der Waals surface area (Å²) in [5.41, 5.74) is 5.44. The van der Waals surface area contributed by atoms with Crippen LogP contribution in [-0.4, -0.2) is 29.7 Å². The van der Waals surface area contributed by atoms with Gasteiger partial charge in [0.05, 0.1) is 0 Å². The molecule has 1 fully saturated rings. The zero-order valence-electron chi connectivity index (χ0n) is 9.41. The van der Waals surface area contributed by atoms with Crippen molar-refractivity contribution in [2.24, 2.45) is 11.7 Å². The quantitative estimate of drug-likeness (QED) is 0.609. The zero-order valence-corrected chi connectivity index (χ0v) is 9.41. The van der Waals surface area contributed by atoms with Gasteiger partial charge in [-0.05, 0) is 25.2 Å². The molecule has 0 amide bonds. The lowest BCUT2D eigenvalue weighted by Gasteiger charge is -2.17. The first-order valence-corrected chi connectivity index (χ1v) is 5.81. The first kappa shape index (κ1) is 12.5. The highest BCUT2D eigenvalue weighted by molar-refractivity contribution is 5.73. The van der Waals surface area contributed by atoms with E-state index in [0.29, 0.717) is 12.6 Å². The molecule has 88 valence electrons. The number of carboxylic acid groups (broad SMARTS) is 1. The SMILES string of the molecule is CC1CCCC(NCC(N)C(=O)O)CC1. The highest BCUT2D eigenvalue weighted by Crippen LogP contribution is 2.22. The van der Waals surface area contributed by atoms with Gasteiger partial charge in [0.25, 0.3) is 0 Å². The number of nitrogens with two attached hydrogens (primary N) is 1. The van der Waals surface area contributed by atoms with E-state index in [1.807, 2.05) is 0 Å². The van der Waals surface area contributed by atoms with Crippen molar-refractivity contribution < 1.29 is 9.90 Å². The standard InChI is InChI=1S/C11H22N2O2/c1-8-3-2-4-9(6-5-8)13-7-10(12)11(14)15/h8-10,13H,2-7,12H2,1H3,(H,14,15). The summed E-state index contributed by atoms with van der Waals surface area (Å²) in [4.78, 5) is 10.5. The van der Waals surface area contributed by atoms with Crippen LogP contribution in [-0.2, 0) is 4.79 Å². The lowest BCUT2D eigenvalue weighted by Crippen LogP contribution is -2.43. The van der Waals surface area contributed by atoms with Gasteiger partial charge in [-0.3, -0.25) is 4.79 Å². The molecule has 0 saturated heterocycles. The summed E-state index contributed by atoms with van der Waals surface area (Å²) in [6.45, 7) is 2.67. The average Bonchev–Trinajstić information content (AvgIpc) is 2.39. The Morgan fingerprint density at radius 3 is 2.87 bits per heavy atom. The molecule has 0 bridgehead atoms. The minimum atomic E-state index is -0.926. The summed E-state index contributed by atoms with van der Waals surface area (Å²) in [6, 6.07) is -0.314. The Labute approximate surface area is 91.2 Å². The Hall–Kier alpha value is -0.610. The number of rotatable bonds is 4. The molecule has 0 aromatic carbocycles. The summed E-state index contributed by atoms with van der Waals surface area (Å²) in [5, 5.41) is 11.9. The highest BCUT2D eigenvalue weighted by Gasteiger charge is 2.18. The van der Waals surface area contributed by atoms with E-state index in [9.17, 15) is 4.79 Å². The lowest BCUT2D eigenvalue weighted by molar-refractivity contribution is -0.138. The van der Waals surface area contributed by atoms with Gasteiger partial charge in [-0.15, -0.1) is 0 Å². The molecule has 0 aromatic heterocycles. The van der Waals surface area contributed by atoms with Crippen molar-refractivity contribution in [2.75, 3.05) is 6.54 Å². The number of hydrogen-bond acceptors (Lipinski definition) is 3. The Morgan fingerprint density at radius 1 is 1.47 bits per heavy atom. The molecule has 3 atom stereocenters. The van der Waals surface area contributed by atoms with Gasteiger partial charge in [0.15, 0.2) is 0 Å². The number of carboxylic acids is 1. The van der Waals surface area contributed by atoms with Gasteiger partial charge in [-0.25, -0.2) is 0 Å². The van der Waals surface area contributed by atoms with Crippen molar-refractivity contribution >= 4 is 5.97 Å². The van der Waals surface area contributed by atoms with Crippen LogP contribution in [0.4, 0.5) is 0 Å². The molecule has 15 heavy (non-hydrogen) atoms. The van der Waals surface area contributed by atoms with E-state index < -0.39 is 12.0 Å². The first-order valence-electron chi connectivity index (χ1n) is 5.81. The maximum Gasteiger partial charge on any atom is 0.321 e. The third-order valence-corrected chi connectivity index (χ3v) is 3.20. The molecule has 1 aliphatic carbocycles. The highest BCUT2D eigenvalue weighted by atomic mass is 16.4. The topological polar surface area (TPSA) is 75.3 Å². The fourth-order valence-electron chi connectivity index (χ4n) is 2.07. The molecule has 0 aliphatic heterocycles. The van der Waals surface area contributed by atoms with Crippen LogP contribution in [0.5, 0.6) is 0 Å². The molecule has 3 unspecified atom stereocenters. The van der Waals surface area contributed by atoms with Crippen LogP contribution in [0.15, 0.2) is 0 Å². The summed E-state index contributed by atoms with van der Waals surface area (Å²) in [7, 11) is 0. The summed E-state index contributed by atoms with van der Waals surface area (Å²) in [6.07, 6.45) is 6.06. The van der Waals surface area contributed by atoms with E-state index in [1.54, 1.807) is 0 Å². The largest absolute Gasteiger partial charge is 0.480 e. The number of nitrogens with one attached hydrogen (secondary N) is 1. The van der Waals surface area contributed by atoms with Crippen LogP contribution in [0.1, 0.15) is 39.0 Å². The zero-order chi connectivity index (χ0) is 11.3. The normalized spacial score (nSPS) is 29.5. The fourth-order valence-corrected chi connectivity index (χ4v) is 2.07. The van der Waals surface area contributed by atoms with Crippen molar-refractivity contribution in [3.8, 4) is 0 Å². The van der Waals surface area contributed by atoms with Gasteiger partial charge in [-0.2, -0.15) is 0 Å². The number of aliphatic carboxylic acids is 1. The Balaban J connectivity index is 2.23. The molecule has 0 aromatic rings. The molecule has 1 rings (SSSR count). The summed E-state index contributed by atoms with van der Waals surface area (Å²) < 4.78 is 0. The van der Waals surface area contributed by atoms with Crippen molar-refractivity contribution in [3.05, 3.63) is 0 Å². The van der Waals surface area contributed by atoms with Crippen LogP contribution in [0.3, 0.4) is 0 Å². The molecule has 1 aliphatic rings. The van der Waals surface area contributed by atoms with Crippen molar-refractivity contribution in [1.29, 1.82) is 0 Å². The minimum Gasteiger partial charge on any atom is -0.480 e. The van der Waals surface area contributed by atoms with Crippen LogP contribution < -0.4 is 11.1 Å². The van der Waals surface area contributed by atoms with E-state index in [0.717, 1.165) is 18.8 Å². The van der Waals surface area contributed by atoms with Crippen LogP contribution in [0.2, 0.25) is 0 Å². The monoisotopic (exact) mass is 214 g/mol. The first-order chi connectivity index (χ1) is 7.09.